The molecule has 0 aliphatic heterocycles. The van der Waals surface area contributed by atoms with Crippen LogP contribution in [0.3, 0.4) is 0 Å². The summed E-state index contributed by atoms with van der Waals surface area (Å²) in [7, 11) is 1.76. The lowest BCUT2D eigenvalue weighted by Crippen LogP contribution is -2.16. The van der Waals surface area contributed by atoms with Gasteiger partial charge in [-0.1, -0.05) is 6.07 Å². The Hall–Kier alpha value is -2.08. The largest absolute Gasteiger partial charge is 0.478 e. The number of nitrogens with one attached hydrogen (secondary N) is 1. The first-order valence-corrected chi connectivity index (χ1v) is 6.65. The molecule has 0 atom stereocenters. The number of aryl methyl sites for hydroxylation is 2. The molecule has 0 fully saturated rings. The van der Waals surface area contributed by atoms with Crippen LogP contribution in [0, 0.1) is 6.92 Å². The van der Waals surface area contributed by atoms with Gasteiger partial charge in [0.2, 0.25) is 0 Å². The lowest BCUT2D eigenvalue weighted by atomic mass is 10.1. The van der Waals surface area contributed by atoms with E-state index in [9.17, 15) is 9.59 Å². The number of halogens is 1. The molecule has 20 heavy (non-hydrogen) atoms. The van der Waals surface area contributed by atoms with E-state index in [1.165, 1.54) is 12.1 Å². The normalized spacial score (nSPS) is 10.3. The Labute approximate surface area is 124 Å². The van der Waals surface area contributed by atoms with Crippen molar-refractivity contribution in [1.82, 2.24) is 4.57 Å². The molecule has 0 bridgehead atoms. The number of rotatable bonds is 3. The SMILES string of the molecule is Cc1ccc(C(=O)O)cc1NC(=O)c1cc(Br)cn1C. The minimum Gasteiger partial charge on any atom is -0.478 e. The van der Waals surface area contributed by atoms with Crippen LogP contribution in [0.1, 0.15) is 26.4 Å². The topological polar surface area (TPSA) is 71.3 Å². The lowest BCUT2D eigenvalue weighted by Gasteiger charge is -2.09. The quantitative estimate of drug-likeness (QED) is 0.904. The highest BCUT2D eigenvalue weighted by molar-refractivity contribution is 9.10. The average molecular weight is 337 g/mol. The lowest BCUT2D eigenvalue weighted by molar-refractivity contribution is 0.0696. The number of aromatic nitrogens is 1. The van der Waals surface area contributed by atoms with Gasteiger partial charge >= 0.3 is 5.97 Å². The molecule has 1 aromatic carbocycles. The fourth-order valence-corrected chi connectivity index (χ4v) is 2.35. The van der Waals surface area contributed by atoms with Gasteiger partial charge in [-0.25, -0.2) is 4.79 Å². The summed E-state index contributed by atoms with van der Waals surface area (Å²) in [6.45, 7) is 1.81. The molecule has 0 aliphatic rings. The van der Waals surface area contributed by atoms with Crippen molar-refractivity contribution >= 4 is 33.5 Å². The van der Waals surface area contributed by atoms with Crippen molar-refractivity contribution in [2.45, 2.75) is 6.92 Å². The summed E-state index contributed by atoms with van der Waals surface area (Å²) in [6, 6.07) is 6.33. The van der Waals surface area contributed by atoms with Gasteiger partial charge in [0.05, 0.1) is 5.56 Å². The number of carbonyl (C=O) groups is 2. The standard InChI is InChI=1S/C14H13BrN2O3/c1-8-3-4-9(14(19)20)5-11(8)16-13(18)12-6-10(15)7-17(12)2/h3-7H,1-2H3,(H,16,18)(H,19,20). The van der Waals surface area contributed by atoms with Gasteiger partial charge in [-0.15, -0.1) is 0 Å². The molecule has 2 aromatic rings. The predicted octanol–water partition coefficient (Wildman–Crippen LogP) is 3.05. The summed E-state index contributed by atoms with van der Waals surface area (Å²) in [4.78, 5) is 23.1. The Kier molecular flexibility index (Phi) is 3.94. The smallest absolute Gasteiger partial charge is 0.335 e. The number of carboxylic acid groups (broad SMARTS) is 1. The molecule has 1 heterocycles. The third-order valence-corrected chi connectivity index (χ3v) is 3.37. The zero-order chi connectivity index (χ0) is 14.9. The molecular formula is C14H13BrN2O3. The van der Waals surface area contributed by atoms with Crippen molar-refractivity contribution in [2.24, 2.45) is 7.05 Å². The molecule has 0 saturated carbocycles. The molecule has 1 aromatic heterocycles. The molecular weight excluding hydrogens is 324 g/mol. The molecule has 0 saturated heterocycles. The number of aromatic carboxylic acids is 1. The Bertz CT molecular complexity index is 692. The van der Waals surface area contributed by atoms with E-state index in [1.807, 2.05) is 6.92 Å². The van der Waals surface area contributed by atoms with Crippen LogP contribution in [-0.4, -0.2) is 21.6 Å². The summed E-state index contributed by atoms with van der Waals surface area (Å²) >= 11 is 3.30. The second-order valence-corrected chi connectivity index (χ2v) is 5.36. The van der Waals surface area contributed by atoms with E-state index in [-0.39, 0.29) is 11.5 Å². The van der Waals surface area contributed by atoms with Crippen LogP contribution in [0.4, 0.5) is 5.69 Å². The third-order valence-electron chi connectivity index (χ3n) is 2.94. The van der Waals surface area contributed by atoms with Gasteiger partial charge in [0.25, 0.3) is 5.91 Å². The Morgan fingerprint density at radius 2 is 2.00 bits per heavy atom. The monoisotopic (exact) mass is 336 g/mol. The van der Waals surface area contributed by atoms with Gasteiger partial charge in [0.1, 0.15) is 5.69 Å². The highest BCUT2D eigenvalue weighted by atomic mass is 79.9. The molecule has 2 N–H and O–H groups in total. The van der Waals surface area contributed by atoms with Crippen LogP contribution in [0.2, 0.25) is 0 Å². The maximum atomic E-state index is 12.2. The molecule has 0 radical (unpaired) electrons. The van der Waals surface area contributed by atoms with Gasteiger partial charge in [-0.2, -0.15) is 0 Å². The number of carbonyl (C=O) groups excluding carboxylic acids is 1. The van der Waals surface area contributed by atoms with Gasteiger partial charge in [0, 0.05) is 23.4 Å². The van der Waals surface area contributed by atoms with E-state index in [0.717, 1.165) is 10.0 Å². The van der Waals surface area contributed by atoms with Crippen molar-refractivity contribution in [3.8, 4) is 0 Å². The molecule has 5 nitrogen and oxygen atoms in total. The number of anilines is 1. The number of amides is 1. The second-order valence-electron chi connectivity index (χ2n) is 4.44. The first-order valence-electron chi connectivity index (χ1n) is 5.85. The number of nitrogens with zero attached hydrogens (tertiary/aromatic N) is 1. The third kappa shape index (κ3) is 2.91. The first-order chi connectivity index (χ1) is 9.38. The summed E-state index contributed by atoms with van der Waals surface area (Å²) in [5, 5.41) is 11.7. The number of benzene rings is 1. The first kappa shape index (κ1) is 14.3. The van der Waals surface area contributed by atoms with Crippen molar-refractivity contribution in [1.29, 1.82) is 0 Å². The van der Waals surface area contributed by atoms with Crippen LogP contribution in [-0.2, 0) is 7.05 Å². The van der Waals surface area contributed by atoms with E-state index in [4.69, 9.17) is 5.11 Å². The number of hydrogen-bond acceptors (Lipinski definition) is 2. The van der Waals surface area contributed by atoms with E-state index in [0.29, 0.717) is 11.4 Å². The van der Waals surface area contributed by atoms with E-state index >= 15 is 0 Å². The maximum Gasteiger partial charge on any atom is 0.335 e. The summed E-state index contributed by atoms with van der Waals surface area (Å²) < 4.78 is 2.50. The van der Waals surface area contributed by atoms with Crippen LogP contribution in [0.25, 0.3) is 0 Å². The molecule has 0 aliphatic carbocycles. The summed E-state index contributed by atoms with van der Waals surface area (Å²) in [5.74, 6) is -1.31. The van der Waals surface area contributed by atoms with Crippen LogP contribution < -0.4 is 5.32 Å². The van der Waals surface area contributed by atoms with Gasteiger partial charge in [0.15, 0.2) is 0 Å². The van der Waals surface area contributed by atoms with Gasteiger partial charge in [-0.05, 0) is 46.6 Å². The Morgan fingerprint density at radius 3 is 2.55 bits per heavy atom. The molecule has 6 heteroatoms. The van der Waals surface area contributed by atoms with Crippen LogP contribution in [0.15, 0.2) is 34.9 Å². The predicted molar refractivity (Wildman–Crippen MR) is 79.2 cm³/mol. The minimum atomic E-state index is -1.03. The number of hydrogen-bond donors (Lipinski definition) is 2. The van der Waals surface area contributed by atoms with E-state index in [2.05, 4.69) is 21.2 Å². The van der Waals surface area contributed by atoms with Gasteiger partial charge < -0.3 is 15.0 Å². The highest BCUT2D eigenvalue weighted by Gasteiger charge is 2.13. The summed E-state index contributed by atoms with van der Waals surface area (Å²) in [6.07, 6.45) is 1.77. The van der Waals surface area contributed by atoms with Crippen LogP contribution in [0.5, 0.6) is 0 Å². The fourth-order valence-electron chi connectivity index (χ4n) is 1.83. The van der Waals surface area contributed by atoms with Crippen molar-refractivity contribution < 1.29 is 14.7 Å². The average Bonchev–Trinajstić information content (AvgIpc) is 2.71. The molecule has 2 rings (SSSR count). The van der Waals surface area contributed by atoms with Gasteiger partial charge in [-0.3, -0.25) is 4.79 Å². The van der Waals surface area contributed by atoms with Crippen molar-refractivity contribution in [2.75, 3.05) is 5.32 Å². The zero-order valence-electron chi connectivity index (χ0n) is 11.0. The molecule has 1 amide bonds. The Morgan fingerprint density at radius 1 is 1.30 bits per heavy atom. The number of carboxylic acids is 1. The molecule has 0 spiro atoms. The van der Waals surface area contributed by atoms with E-state index < -0.39 is 5.97 Å². The Balaban J connectivity index is 2.30. The molecule has 0 unspecified atom stereocenters. The molecule has 104 valence electrons. The fraction of sp³-hybridized carbons (Fsp3) is 0.143. The van der Waals surface area contributed by atoms with Crippen molar-refractivity contribution in [3.63, 3.8) is 0 Å². The minimum absolute atomic E-state index is 0.138. The van der Waals surface area contributed by atoms with E-state index in [1.54, 1.807) is 29.9 Å². The second kappa shape index (κ2) is 5.50. The van der Waals surface area contributed by atoms with Crippen LogP contribution >= 0.6 is 15.9 Å². The summed E-state index contributed by atoms with van der Waals surface area (Å²) in [5.41, 5.74) is 1.92. The van der Waals surface area contributed by atoms with Crippen molar-refractivity contribution in [3.05, 3.63) is 51.8 Å². The zero-order valence-corrected chi connectivity index (χ0v) is 12.6. The maximum absolute atomic E-state index is 12.2. The highest BCUT2D eigenvalue weighted by Crippen LogP contribution is 2.19.